The average Bonchev–Trinajstić information content (AvgIpc) is 2.78. The van der Waals surface area contributed by atoms with Crippen molar-refractivity contribution < 1.29 is 23.4 Å². The Labute approximate surface area is 199 Å². The number of aromatic hydroxyl groups is 2. The summed E-state index contributed by atoms with van der Waals surface area (Å²) in [5, 5.41) is 19.8. The zero-order chi connectivity index (χ0) is 24.8. The van der Waals surface area contributed by atoms with Crippen LogP contribution in [-0.4, -0.2) is 54.0 Å². The lowest BCUT2D eigenvalue weighted by molar-refractivity contribution is 0.0972. The molecule has 0 saturated heterocycles. The molecule has 0 aliphatic carbocycles. The number of pyridine rings is 1. The van der Waals surface area contributed by atoms with Crippen LogP contribution in [0.25, 0.3) is 11.3 Å². The zero-order valence-electron chi connectivity index (χ0n) is 19.5. The summed E-state index contributed by atoms with van der Waals surface area (Å²) in [7, 11) is -0.617. The summed E-state index contributed by atoms with van der Waals surface area (Å²) < 4.78 is 26.0. The largest absolute Gasteiger partial charge is 0.508 e. The molecule has 0 fully saturated rings. The van der Waals surface area contributed by atoms with Crippen molar-refractivity contribution in [2.75, 3.05) is 19.0 Å². The number of rotatable bonds is 4. The van der Waals surface area contributed by atoms with Gasteiger partial charge in [0.1, 0.15) is 16.4 Å². The maximum absolute atomic E-state index is 13.3. The lowest BCUT2D eigenvalue weighted by atomic mass is 9.92. The zero-order valence-corrected chi connectivity index (χ0v) is 20.3. The van der Waals surface area contributed by atoms with Gasteiger partial charge in [-0.15, -0.1) is 0 Å². The van der Waals surface area contributed by atoms with Crippen LogP contribution >= 0.6 is 0 Å². The van der Waals surface area contributed by atoms with Crippen LogP contribution in [0.4, 0.5) is 5.69 Å². The third-order valence-electron chi connectivity index (χ3n) is 6.15. The highest BCUT2D eigenvalue weighted by molar-refractivity contribution is 7.89. The van der Waals surface area contributed by atoms with Crippen LogP contribution in [0.3, 0.4) is 0 Å². The van der Waals surface area contributed by atoms with E-state index in [9.17, 15) is 23.4 Å². The number of aryl methyl sites for hydroxylation is 2. The molecule has 2 heterocycles. The maximum Gasteiger partial charge on any atom is 0.262 e. The van der Waals surface area contributed by atoms with Gasteiger partial charge in [0.15, 0.2) is 0 Å². The first-order valence-corrected chi connectivity index (χ1v) is 12.3. The van der Waals surface area contributed by atoms with E-state index in [1.807, 2.05) is 32.0 Å². The second kappa shape index (κ2) is 8.73. The first-order chi connectivity index (χ1) is 16.0. The van der Waals surface area contributed by atoms with Crippen molar-refractivity contribution in [2.24, 2.45) is 0 Å². The van der Waals surface area contributed by atoms with Crippen molar-refractivity contribution in [3.63, 3.8) is 0 Å². The van der Waals surface area contributed by atoms with E-state index in [2.05, 4.69) is 4.98 Å². The highest BCUT2D eigenvalue weighted by Gasteiger charge is 2.31. The summed E-state index contributed by atoms with van der Waals surface area (Å²) in [4.78, 5) is 19.6. The van der Waals surface area contributed by atoms with Gasteiger partial charge in [-0.2, -0.15) is 0 Å². The summed E-state index contributed by atoms with van der Waals surface area (Å²) >= 11 is 0. The molecule has 34 heavy (non-hydrogen) atoms. The molecule has 0 unspecified atom stereocenters. The van der Waals surface area contributed by atoms with E-state index >= 15 is 0 Å². The predicted octanol–water partition coefficient (Wildman–Crippen LogP) is 3.70. The van der Waals surface area contributed by atoms with Crippen LogP contribution in [-0.2, 0) is 16.4 Å². The number of nitrogens with zero attached hydrogens (tertiary/aromatic N) is 3. The fraction of sp³-hybridized carbons (Fsp3) is 0.280. The maximum atomic E-state index is 13.3. The van der Waals surface area contributed by atoms with Crippen molar-refractivity contribution >= 4 is 21.6 Å². The molecule has 1 atom stereocenters. The van der Waals surface area contributed by atoms with Crippen LogP contribution in [0.5, 0.6) is 11.5 Å². The quantitative estimate of drug-likeness (QED) is 0.588. The lowest BCUT2D eigenvalue weighted by Crippen LogP contribution is -2.42. The number of sulfonamides is 1. The van der Waals surface area contributed by atoms with Gasteiger partial charge in [0.05, 0.1) is 11.3 Å². The van der Waals surface area contributed by atoms with Crippen LogP contribution in [0.15, 0.2) is 53.6 Å². The molecule has 0 saturated carbocycles. The molecule has 1 aliphatic heterocycles. The Kier molecular flexibility index (Phi) is 6.09. The second-order valence-corrected chi connectivity index (χ2v) is 10.9. The molecular weight excluding hydrogens is 454 g/mol. The molecule has 178 valence electrons. The number of fused-ring (bicyclic) bond motifs is 1. The van der Waals surface area contributed by atoms with Crippen molar-refractivity contribution in [2.45, 2.75) is 37.6 Å². The Balaban J connectivity index is 1.72. The van der Waals surface area contributed by atoms with Gasteiger partial charge in [0.25, 0.3) is 5.91 Å². The Morgan fingerprint density at radius 1 is 1.12 bits per heavy atom. The SMILES string of the molecule is Cc1cc(S(=O)(=O)N(C)C)cnc1-c1ccc2c(c1)CC[C@H](C)N2C(=O)c1ccc(O)cc1O. The molecule has 2 N–H and O–H groups in total. The molecule has 9 heteroatoms. The van der Waals surface area contributed by atoms with Gasteiger partial charge >= 0.3 is 0 Å². The number of phenolic OH excluding ortho intramolecular Hbond substituents is 2. The summed E-state index contributed by atoms with van der Waals surface area (Å²) in [5.74, 6) is -0.724. The van der Waals surface area contributed by atoms with Crippen molar-refractivity contribution in [3.05, 3.63) is 65.4 Å². The van der Waals surface area contributed by atoms with Crippen LogP contribution in [0.2, 0.25) is 0 Å². The third-order valence-corrected chi connectivity index (χ3v) is 7.93. The van der Waals surface area contributed by atoms with E-state index in [1.165, 1.54) is 32.4 Å². The van der Waals surface area contributed by atoms with E-state index < -0.39 is 10.0 Å². The first kappa shape index (κ1) is 23.7. The van der Waals surface area contributed by atoms with Crippen molar-refractivity contribution in [1.82, 2.24) is 9.29 Å². The van der Waals surface area contributed by atoms with Crippen LogP contribution < -0.4 is 4.90 Å². The van der Waals surface area contributed by atoms with Gasteiger partial charge in [-0.25, -0.2) is 12.7 Å². The number of anilines is 1. The standard InChI is InChI=1S/C25H27N3O5S/c1-15-11-20(34(32,33)27(3)4)14-26-24(15)18-7-10-22-17(12-18)6-5-16(2)28(22)25(31)21-9-8-19(29)13-23(21)30/h7-14,16,29-30H,5-6H2,1-4H3/t16-/m0/s1. The van der Waals surface area contributed by atoms with Gasteiger partial charge in [-0.3, -0.25) is 9.78 Å². The molecule has 3 aromatic rings. The summed E-state index contributed by atoms with van der Waals surface area (Å²) in [6.45, 7) is 3.78. The summed E-state index contributed by atoms with van der Waals surface area (Å²) in [5.41, 5.74) is 4.08. The average molecular weight is 482 g/mol. The molecule has 0 bridgehead atoms. The minimum atomic E-state index is -3.58. The lowest BCUT2D eigenvalue weighted by Gasteiger charge is -2.35. The van der Waals surface area contributed by atoms with Gasteiger partial charge in [-0.1, -0.05) is 6.07 Å². The van der Waals surface area contributed by atoms with E-state index in [1.54, 1.807) is 11.0 Å². The smallest absolute Gasteiger partial charge is 0.262 e. The number of hydrogen-bond donors (Lipinski definition) is 2. The van der Waals surface area contributed by atoms with Crippen molar-refractivity contribution in [1.29, 1.82) is 0 Å². The number of aromatic nitrogens is 1. The molecule has 8 nitrogen and oxygen atoms in total. The summed E-state index contributed by atoms with van der Waals surface area (Å²) in [6.07, 6.45) is 2.87. The Bertz CT molecular complexity index is 1390. The van der Waals surface area contributed by atoms with E-state index in [-0.39, 0.29) is 33.9 Å². The number of carbonyl (C=O) groups excluding carboxylic acids is 1. The number of phenols is 2. The Hall–Kier alpha value is -3.43. The minimum Gasteiger partial charge on any atom is -0.508 e. The fourth-order valence-electron chi connectivity index (χ4n) is 4.24. The second-order valence-electron chi connectivity index (χ2n) is 8.73. The molecule has 1 aromatic heterocycles. The van der Waals surface area contributed by atoms with Gasteiger partial charge in [0, 0.05) is 43.7 Å². The van der Waals surface area contributed by atoms with Gasteiger partial charge in [-0.05, 0) is 68.1 Å². The highest BCUT2D eigenvalue weighted by Crippen LogP contribution is 2.37. The number of hydrogen-bond acceptors (Lipinski definition) is 6. The Morgan fingerprint density at radius 2 is 1.85 bits per heavy atom. The van der Waals surface area contributed by atoms with E-state index in [0.29, 0.717) is 5.69 Å². The van der Waals surface area contributed by atoms with E-state index in [4.69, 9.17) is 0 Å². The van der Waals surface area contributed by atoms with Crippen molar-refractivity contribution in [3.8, 4) is 22.8 Å². The minimum absolute atomic E-state index is 0.0746. The van der Waals surface area contributed by atoms with Gasteiger partial charge in [0.2, 0.25) is 10.0 Å². The number of carbonyl (C=O) groups is 1. The monoisotopic (exact) mass is 481 g/mol. The topological polar surface area (TPSA) is 111 Å². The molecule has 2 aromatic carbocycles. The van der Waals surface area contributed by atoms with Gasteiger partial charge < -0.3 is 15.1 Å². The Morgan fingerprint density at radius 3 is 2.50 bits per heavy atom. The highest BCUT2D eigenvalue weighted by atomic mass is 32.2. The predicted molar refractivity (Wildman–Crippen MR) is 130 cm³/mol. The molecule has 1 aliphatic rings. The first-order valence-electron chi connectivity index (χ1n) is 10.9. The molecular formula is C25H27N3O5S. The van der Waals surface area contributed by atoms with Crippen LogP contribution in [0.1, 0.15) is 34.8 Å². The molecule has 1 amide bonds. The molecule has 0 spiro atoms. The number of amides is 1. The fourth-order valence-corrected chi connectivity index (χ4v) is 5.18. The summed E-state index contributed by atoms with van der Waals surface area (Å²) in [6, 6.07) is 11.2. The van der Waals surface area contributed by atoms with Crippen LogP contribution in [0, 0.1) is 6.92 Å². The molecule has 0 radical (unpaired) electrons. The van der Waals surface area contributed by atoms with E-state index in [0.717, 1.165) is 45.6 Å². The number of benzene rings is 2. The normalized spacial score (nSPS) is 15.9. The third kappa shape index (κ3) is 4.12. The molecule has 4 rings (SSSR count).